The Balaban J connectivity index is 2.03. The fraction of sp³-hybridized carbons (Fsp3) is 1.00. The predicted molar refractivity (Wildman–Crippen MR) is 75.6 cm³/mol. The van der Waals surface area contributed by atoms with Crippen molar-refractivity contribution in [1.82, 2.24) is 4.90 Å². The van der Waals surface area contributed by atoms with E-state index < -0.39 is 0 Å². The Labute approximate surface area is 112 Å². The summed E-state index contributed by atoms with van der Waals surface area (Å²) in [5.74, 6) is 1.91. The topological polar surface area (TPSA) is 38.5 Å². The van der Waals surface area contributed by atoms with Crippen molar-refractivity contribution in [2.45, 2.75) is 51.0 Å². The number of methoxy groups -OCH3 is 1. The highest BCUT2D eigenvalue weighted by molar-refractivity contribution is 4.95. The van der Waals surface area contributed by atoms with E-state index in [1.807, 2.05) is 0 Å². The van der Waals surface area contributed by atoms with Gasteiger partial charge in [-0.3, -0.25) is 4.90 Å². The van der Waals surface area contributed by atoms with Gasteiger partial charge in [-0.25, -0.2) is 0 Å². The highest BCUT2D eigenvalue weighted by Gasteiger charge is 2.40. The second-order valence-corrected chi connectivity index (χ2v) is 6.25. The standard InChI is InChI=1S/C15H30N2O/c1-3-15(11-16,12-18-2)17-9-8-13-6-4-5-7-14(13)10-17/h13-14H,3-12,16H2,1-2H3. The van der Waals surface area contributed by atoms with Crippen LogP contribution in [0.4, 0.5) is 0 Å². The monoisotopic (exact) mass is 254 g/mol. The van der Waals surface area contributed by atoms with Crippen LogP contribution in [0.25, 0.3) is 0 Å². The van der Waals surface area contributed by atoms with Crippen molar-refractivity contribution in [3.63, 3.8) is 0 Å². The number of fused-ring (bicyclic) bond motifs is 1. The zero-order chi connectivity index (χ0) is 13.0. The first-order valence-corrected chi connectivity index (χ1v) is 7.70. The maximum Gasteiger partial charge on any atom is 0.0658 e. The second-order valence-electron chi connectivity index (χ2n) is 6.25. The molecular weight excluding hydrogens is 224 g/mol. The van der Waals surface area contributed by atoms with Gasteiger partial charge in [0.2, 0.25) is 0 Å². The Morgan fingerprint density at radius 3 is 2.56 bits per heavy atom. The summed E-state index contributed by atoms with van der Waals surface area (Å²) in [5, 5.41) is 0. The van der Waals surface area contributed by atoms with Crippen LogP contribution in [0.15, 0.2) is 0 Å². The number of nitrogens with two attached hydrogens (primary N) is 1. The third kappa shape index (κ3) is 2.73. The molecule has 1 saturated carbocycles. The molecule has 2 fully saturated rings. The lowest BCUT2D eigenvalue weighted by molar-refractivity contribution is -0.0339. The molecule has 0 aromatic rings. The van der Waals surface area contributed by atoms with E-state index in [9.17, 15) is 0 Å². The molecule has 2 N–H and O–H groups in total. The molecule has 1 aliphatic heterocycles. The van der Waals surface area contributed by atoms with E-state index in [1.54, 1.807) is 7.11 Å². The number of rotatable bonds is 5. The average molecular weight is 254 g/mol. The lowest BCUT2D eigenvalue weighted by atomic mass is 9.74. The molecule has 2 rings (SSSR count). The number of nitrogens with zero attached hydrogens (tertiary/aromatic N) is 1. The molecule has 0 amide bonds. The quantitative estimate of drug-likeness (QED) is 0.818. The molecule has 3 heteroatoms. The number of hydrogen-bond acceptors (Lipinski definition) is 3. The Hall–Kier alpha value is -0.120. The highest BCUT2D eigenvalue weighted by atomic mass is 16.5. The molecule has 3 nitrogen and oxygen atoms in total. The van der Waals surface area contributed by atoms with E-state index in [0.717, 1.165) is 24.9 Å². The van der Waals surface area contributed by atoms with Crippen LogP contribution in [0.1, 0.15) is 45.4 Å². The van der Waals surface area contributed by atoms with Crippen LogP contribution >= 0.6 is 0 Å². The molecule has 0 bridgehead atoms. The average Bonchev–Trinajstić information content (AvgIpc) is 2.44. The van der Waals surface area contributed by atoms with Gasteiger partial charge < -0.3 is 10.5 Å². The van der Waals surface area contributed by atoms with Gasteiger partial charge in [0.1, 0.15) is 0 Å². The Morgan fingerprint density at radius 1 is 1.22 bits per heavy atom. The summed E-state index contributed by atoms with van der Waals surface area (Å²) < 4.78 is 5.46. The van der Waals surface area contributed by atoms with Gasteiger partial charge in [0.25, 0.3) is 0 Å². The first kappa shape index (κ1) is 14.3. The molecule has 0 radical (unpaired) electrons. The summed E-state index contributed by atoms with van der Waals surface area (Å²) in [5.41, 5.74) is 6.16. The molecule has 1 aliphatic carbocycles. The van der Waals surface area contributed by atoms with Gasteiger partial charge in [0.05, 0.1) is 12.1 Å². The smallest absolute Gasteiger partial charge is 0.0658 e. The molecule has 18 heavy (non-hydrogen) atoms. The SMILES string of the molecule is CCC(CN)(COC)N1CCC2CCCCC2C1. The van der Waals surface area contributed by atoms with Gasteiger partial charge in [-0.1, -0.05) is 26.2 Å². The van der Waals surface area contributed by atoms with Crippen molar-refractivity contribution >= 4 is 0 Å². The van der Waals surface area contributed by atoms with Crippen molar-refractivity contribution in [3.8, 4) is 0 Å². The van der Waals surface area contributed by atoms with Crippen molar-refractivity contribution in [3.05, 3.63) is 0 Å². The van der Waals surface area contributed by atoms with Crippen molar-refractivity contribution in [2.24, 2.45) is 17.6 Å². The summed E-state index contributed by atoms with van der Waals surface area (Å²) in [7, 11) is 1.80. The minimum atomic E-state index is 0.0805. The normalized spacial score (nSPS) is 32.8. The van der Waals surface area contributed by atoms with E-state index >= 15 is 0 Å². The van der Waals surface area contributed by atoms with Crippen LogP contribution in [0.3, 0.4) is 0 Å². The van der Waals surface area contributed by atoms with Crippen LogP contribution in [0.5, 0.6) is 0 Å². The van der Waals surface area contributed by atoms with Gasteiger partial charge in [-0.2, -0.15) is 0 Å². The first-order valence-electron chi connectivity index (χ1n) is 7.70. The van der Waals surface area contributed by atoms with Gasteiger partial charge >= 0.3 is 0 Å². The summed E-state index contributed by atoms with van der Waals surface area (Å²) in [6.45, 7) is 6.21. The zero-order valence-electron chi connectivity index (χ0n) is 12.2. The molecule has 3 atom stereocenters. The first-order chi connectivity index (χ1) is 8.75. The number of hydrogen-bond donors (Lipinski definition) is 1. The van der Waals surface area contributed by atoms with Gasteiger partial charge in [0.15, 0.2) is 0 Å². The fourth-order valence-corrected chi connectivity index (χ4v) is 4.05. The Kier molecular flexibility index (Phi) is 5.05. The van der Waals surface area contributed by atoms with Crippen LogP contribution in [-0.4, -0.2) is 43.8 Å². The van der Waals surface area contributed by atoms with Gasteiger partial charge in [-0.15, -0.1) is 0 Å². The largest absolute Gasteiger partial charge is 0.383 e. The van der Waals surface area contributed by atoms with E-state index in [1.165, 1.54) is 45.2 Å². The molecule has 1 heterocycles. The molecule has 0 aromatic carbocycles. The summed E-state index contributed by atoms with van der Waals surface area (Å²) in [6.07, 6.45) is 8.24. The maximum absolute atomic E-state index is 6.08. The van der Waals surface area contributed by atoms with Crippen molar-refractivity contribution in [1.29, 1.82) is 0 Å². The molecular formula is C15H30N2O. The molecule has 3 unspecified atom stereocenters. The van der Waals surface area contributed by atoms with E-state index in [2.05, 4.69) is 11.8 Å². The molecule has 2 aliphatic rings. The number of piperidine rings is 1. The second kappa shape index (κ2) is 6.36. The van der Waals surface area contributed by atoms with E-state index in [4.69, 9.17) is 10.5 Å². The van der Waals surface area contributed by atoms with E-state index in [-0.39, 0.29) is 5.54 Å². The van der Waals surface area contributed by atoms with E-state index in [0.29, 0.717) is 6.54 Å². The summed E-state index contributed by atoms with van der Waals surface area (Å²) in [6, 6.07) is 0. The van der Waals surface area contributed by atoms with Gasteiger partial charge in [0, 0.05) is 20.2 Å². The lowest BCUT2D eigenvalue weighted by Gasteiger charge is -2.50. The van der Waals surface area contributed by atoms with Gasteiger partial charge in [-0.05, 0) is 37.6 Å². The van der Waals surface area contributed by atoms with Crippen LogP contribution in [0.2, 0.25) is 0 Å². The summed E-state index contributed by atoms with van der Waals surface area (Å²) >= 11 is 0. The maximum atomic E-state index is 6.08. The fourth-order valence-electron chi connectivity index (χ4n) is 4.05. The zero-order valence-corrected chi connectivity index (χ0v) is 12.2. The highest BCUT2D eigenvalue weighted by Crippen LogP contribution is 2.38. The summed E-state index contributed by atoms with van der Waals surface area (Å²) in [4.78, 5) is 2.64. The van der Waals surface area contributed by atoms with Crippen molar-refractivity contribution in [2.75, 3.05) is 33.4 Å². The van der Waals surface area contributed by atoms with Crippen LogP contribution in [-0.2, 0) is 4.74 Å². The van der Waals surface area contributed by atoms with Crippen LogP contribution in [0, 0.1) is 11.8 Å². The lowest BCUT2D eigenvalue weighted by Crippen LogP contribution is -2.60. The Bertz CT molecular complexity index is 253. The molecule has 1 saturated heterocycles. The third-order valence-corrected chi connectivity index (χ3v) is 5.41. The number of ether oxygens (including phenoxy) is 1. The molecule has 106 valence electrons. The minimum Gasteiger partial charge on any atom is -0.383 e. The Morgan fingerprint density at radius 2 is 1.94 bits per heavy atom. The van der Waals surface area contributed by atoms with Crippen LogP contribution < -0.4 is 5.73 Å². The molecule has 0 spiro atoms. The predicted octanol–water partition coefficient (Wildman–Crippen LogP) is 2.25. The minimum absolute atomic E-state index is 0.0805. The number of likely N-dealkylation sites (tertiary alicyclic amines) is 1. The third-order valence-electron chi connectivity index (χ3n) is 5.41. The van der Waals surface area contributed by atoms with Crippen molar-refractivity contribution < 1.29 is 4.74 Å². The molecule has 0 aromatic heterocycles.